The van der Waals surface area contributed by atoms with Crippen LogP contribution in [0.4, 0.5) is 4.39 Å². The van der Waals surface area contributed by atoms with Gasteiger partial charge in [-0.15, -0.1) is 0 Å². The van der Waals surface area contributed by atoms with E-state index in [1.54, 1.807) is 6.07 Å². The van der Waals surface area contributed by atoms with Gasteiger partial charge in [-0.25, -0.2) is 4.39 Å². The molecule has 1 atom stereocenters. The van der Waals surface area contributed by atoms with E-state index in [4.69, 9.17) is 11.6 Å². The molecule has 1 heterocycles. The molecule has 3 aromatic carbocycles. The summed E-state index contributed by atoms with van der Waals surface area (Å²) in [7, 11) is 0. The Morgan fingerprint density at radius 3 is 2.39 bits per heavy atom. The third-order valence-electron chi connectivity index (χ3n) is 5.31. The first kappa shape index (κ1) is 19.1. The van der Waals surface area contributed by atoms with E-state index in [2.05, 4.69) is 47.1 Å². The largest absolute Gasteiger partial charge is 0.279 e. The fourth-order valence-corrected chi connectivity index (χ4v) is 4.24. The predicted molar refractivity (Wildman–Crippen MR) is 113 cm³/mol. The summed E-state index contributed by atoms with van der Waals surface area (Å²) in [5, 5.41) is 0.728. The Hall–Kier alpha value is -2.20. The Morgan fingerprint density at radius 2 is 1.64 bits per heavy atom. The lowest BCUT2D eigenvalue weighted by atomic mass is 10.1. The third-order valence-corrected chi connectivity index (χ3v) is 5.55. The normalized spacial score (nSPS) is 17.9. The van der Waals surface area contributed by atoms with Crippen LogP contribution in [0.5, 0.6) is 0 Å². The fraction of sp³-hybridized carbons (Fsp3) is 0.250. The summed E-state index contributed by atoms with van der Waals surface area (Å²) in [6, 6.07) is 23.7. The first-order chi connectivity index (χ1) is 13.6. The van der Waals surface area contributed by atoms with Crippen LogP contribution in [-0.2, 0) is 13.1 Å². The zero-order valence-electron chi connectivity index (χ0n) is 16.0. The average molecular weight is 395 g/mol. The van der Waals surface area contributed by atoms with Gasteiger partial charge in [-0.3, -0.25) is 9.80 Å². The van der Waals surface area contributed by atoms with Crippen molar-refractivity contribution < 1.29 is 4.39 Å². The minimum absolute atomic E-state index is 0.0684. The van der Waals surface area contributed by atoms with Gasteiger partial charge in [0, 0.05) is 36.8 Å². The van der Waals surface area contributed by atoms with E-state index < -0.39 is 0 Å². The molecule has 0 amide bonds. The lowest BCUT2D eigenvalue weighted by Crippen LogP contribution is -2.30. The number of aryl methyl sites for hydroxylation is 1. The van der Waals surface area contributed by atoms with Crippen LogP contribution in [0.2, 0.25) is 5.02 Å². The SMILES string of the molecule is Cc1cccc(CN2CCN(Cc3ccccc3F)[C@@H]2c2cccc(Cl)c2)c1. The van der Waals surface area contributed by atoms with E-state index in [-0.39, 0.29) is 12.0 Å². The fourth-order valence-electron chi connectivity index (χ4n) is 4.04. The van der Waals surface area contributed by atoms with E-state index in [0.717, 1.165) is 35.8 Å². The minimum atomic E-state index is -0.149. The van der Waals surface area contributed by atoms with Crippen LogP contribution < -0.4 is 0 Å². The highest BCUT2D eigenvalue weighted by atomic mass is 35.5. The van der Waals surface area contributed by atoms with Gasteiger partial charge in [0.1, 0.15) is 5.82 Å². The lowest BCUT2D eigenvalue weighted by molar-refractivity contribution is 0.125. The van der Waals surface area contributed by atoms with Crippen molar-refractivity contribution in [3.63, 3.8) is 0 Å². The molecule has 4 heteroatoms. The van der Waals surface area contributed by atoms with Crippen LogP contribution in [-0.4, -0.2) is 22.9 Å². The van der Waals surface area contributed by atoms with Gasteiger partial charge in [0.05, 0.1) is 6.17 Å². The second kappa shape index (κ2) is 8.44. The smallest absolute Gasteiger partial charge is 0.127 e. The highest BCUT2D eigenvalue weighted by Crippen LogP contribution is 2.34. The maximum atomic E-state index is 14.3. The molecule has 0 aromatic heterocycles. The predicted octanol–water partition coefficient (Wildman–Crippen LogP) is 5.80. The third kappa shape index (κ3) is 4.27. The number of halogens is 2. The lowest BCUT2D eigenvalue weighted by Gasteiger charge is -2.31. The number of hydrogen-bond acceptors (Lipinski definition) is 2. The van der Waals surface area contributed by atoms with Gasteiger partial charge in [-0.05, 0) is 36.2 Å². The molecule has 1 aliphatic rings. The van der Waals surface area contributed by atoms with Crippen molar-refractivity contribution in [3.05, 3.63) is 106 Å². The molecule has 4 rings (SSSR count). The molecular weight excluding hydrogens is 371 g/mol. The molecule has 0 spiro atoms. The number of hydrogen-bond donors (Lipinski definition) is 0. The van der Waals surface area contributed by atoms with Crippen LogP contribution >= 0.6 is 11.6 Å². The van der Waals surface area contributed by atoms with Crippen LogP contribution in [0.15, 0.2) is 72.8 Å². The van der Waals surface area contributed by atoms with Crippen LogP contribution in [0.1, 0.15) is 28.4 Å². The maximum Gasteiger partial charge on any atom is 0.127 e. The van der Waals surface area contributed by atoms with E-state index >= 15 is 0 Å². The standard InChI is InChI=1S/C24H24ClFN2/c1-18-6-4-7-19(14-18)16-27-12-13-28(17-21-8-2-3-11-23(21)26)24(27)20-9-5-10-22(25)15-20/h2-11,14-15,24H,12-13,16-17H2,1H3/t24-/m1/s1. The number of rotatable bonds is 5. The molecule has 0 unspecified atom stereocenters. The Bertz CT molecular complexity index is 959. The summed E-state index contributed by atoms with van der Waals surface area (Å²) in [6.07, 6.45) is 0.0684. The van der Waals surface area contributed by atoms with Gasteiger partial charge in [0.15, 0.2) is 0 Å². The molecule has 1 saturated heterocycles. The molecule has 0 N–H and O–H groups in total. The molecule has 1 fully saturated rings. The number of benzene rings is 3. The second-order valence-electron chi connectivity index (χ2n) is 7.45. The molecular formula is C24H24ClFN2. The zero-order valence-corrected chi connectivity index (χ0v) is 16.7. The summed E-state index contributed by atoms with van der Waals surface area (Å²) >= 11 is 6.29. The Morgan fingerprint density at radius 1 is 0.893 bits per heavy atom. The van der Waals surface area contributed by atoms with Crippen molar-refractivity contribution in [2.24, 2.45) is 0 Å². The van der Waals surface area contributed by atoms with E-state index in [9.17, 15) is 4.39 Å². The summed E-state index contributed by atoms with van der Waals surface area (Å²) in [6.45, 7) is 5.37. The number of nitrogens with zero attached hydrogens (tertiary/aromatic N) is 2. The molecule has 0 aliphatic carbocycles. The Labute approximate surface area is 171 Å². The van der Waals surface area contributed by atoms with Crippen LogP contribution in [0.25, 0.3) is 0 Å². The van der Waals surface area contributed by atoms with Crippen molar-refractivity contribution in [2.75, 3.05) is 13.1 Å². The Balaban J connectivity index is 1.63. The van der Waals surface area contributed by atoms with Gasteiger partial charge in [0.25, 0.3) is 0 Å². The van der Waals surface area contributed by atoms with Gasteiger partial charge < -0.3 is 0 Å². The summed E-state index contributed by atoms with van der Waals surface area (Å²) in [5.41, 5.74) is 4.43. The van der Waals surface area contributed by atoms with E-state index in [1.165, 1.54) is 17.2 Å². The average Bonchev–Trinajstić information content (AvgIpc) is 3.06. The molecule has 0 bridgehead atoms. The molecule has 0 radical (unpaired) electrons. The topological polar surface area (TPSA) is 6.48 Å². The molecule has 1 aliphatic heterocycles. The molecule has 144 valence electrons. The van der Waals surface area contributed by atoms with E-state index in [0.29, 0.717) is 6.54 Å². The van der Waals surface area contributed by atoms with Crippen LogP contribution in [0.3, 0.4) is 0 Å². The second-order valence-corrected chi connectivity index (χ2v) is 7.89. The van der Waals surface area contributed by atoms with Gasteiger partial charge in [-0.1, -0.05) is 71.8 Å². The van der Waals surface area contributed by atoms with Gasteiger partial charge >= 0.3 is 0 Å². The first-order valence-corrected chi connectivity index (χ1v) is 10.0. The molecule has 2 nitrogen and oxygen atoms in total. The molecule has 3 aromatic rings. The highest BCUT2D eigenvalue weighted by molar-refractivity contribution is 6.30. The summed E-state index contributed by atoms with van der Waals surface area (Å²) < 4.78 is 14.3. The van der Waals surface area contributed by atoms with Crippen molar-refractivity contribution >= 4 is 11.6 Å². The van der Waals surface area contributed by atoms with Crippen molar-refractivity contribution in [1.29, 1.82) is 0 Å². The maximum absolute atomic E-state index is 14.3. The van der Waals surface area contributed by atoms with Crippen molar-refractivity contribution in [1.82, 2.24) is 9.80 Å². The zero-order chi connectivity index (χ0) is 19.5. The van der Waals surface area contributed by atoms with Crippen molar-refractivity contribution in [3.8, 4) is 0 Å². The molecule has 28 heavy (non-hydrogen) atoms. The summed E-state index contributed by atoms with van der Waals surface area (Å²) in [4.78, 5) is 4.78. The van der Waals surface area contributed by atoms with Gasteiger partial charge in [0.2, 0.25) is 0 Å². The monoisotopic (exact) mass is 394 g/mol. The molecule has 0 saturated carbocycles. The van der Waals surface area contributed by atoms with Crippen LogP contribution in [0, 0.1) is 12.7 Å². The highest BCUT2D eigenvalue weighted by Gasteiger charge is 2.33. The quantitative estimate of drug-likeness (QED) is 0.539. The summed E-state index contributed by atoms with van der Waals surface area (Å²) in [5.74, 6) is -0.149. The van der Waals surface area contributed by atoms with Crippen molar-refractivity contribution in [2.45, 2.75) is 26.2 Å². The van der Waals surface area contributed by atoms with E-state index in [1.807, 2.05) is 30.3 Å². The first-order valence-electron chi connectivity index (χ1n) is 9.63. The minimum Gasteiger partial charge on any atom is -0.279 e. The van der Waals surface area contributed by atoms with Gasteiger partial charge in [-0.2, -0.15) is 0 Å². The Kier molecular flexibility index (Phi) is 5.77.